The molecule has 2 aliphatic rings. The van der Waals surface area contributed by atoms with Crippen LogP contribution in [0.3, 0.4) is 0 Å². The Morgan fingerprint density at radius 3 is 2.59 bits per heavy atom. The Morgan fingerprint density at radius 2 is 1.93 bits per heavy atom. The first-order valence-corrected chi connectivity index (χ1v) is 15.0. The minimum Gasteiger partial charge on any atom is -0.347 e. The molecule has 0 fully saturated rings. The summed E-state index contributed by atoms with van der Waals surface area (Å²) in [5.41, 5.74) is 11.7. The second kappa shape index (κ2) is 12.6. The third kappa shape index (κ3) is 6.99. The van der Waals surface area contributed by atoms with E-state index in [2.05, 4.69) is 74.3 Å². The van der Waals surface area contributed by atoms with Gasteiger partial charge in [-0.3, -0.25) is 14.8 Å². The zero-order valence-electron chi connectivity index (χ0n) is 26.3. The average molecular weight is 598 g/mol. The first-order valence-electron chi connectivity index (χ1n) is 15.0. The Hall–Kier alpha value is -4.51. The van der Waals surface area contributed by atoms with Crippen LogP contribution in [0.2, 0.25) is 0 Å². The summed E-state index contributed by atoms with van der Waals surface area (Å²) in [7, 11) is 0. The highest BCUT2D eigenvalue weighted by molar-refractivity contribution is 5.94. The summed E-state index contributed by atoms with van der Waals surface area (Å²) in [6, 6.07) is 6.70. The number of dihydropyridines is 1. The second-order valence-electron chi connectivity index (χ2n) is 11.9. The Kier molecular flexibility index (Phi) is 8.87. The maximum atomic E-state index is 15.2. The third-order valence-electron chi connectivity index (χ3n) is 7.94. The van der Waals surface area contributed by atoms with Crippen LogP contribution in [0.1, 0.15) is 93.8 Å². The lowest BCUT2D eigenvalue weighted by molar-refractivity contribution is 0.0930. The molecule has 0 aliphatic carbocycles. The molecule has 3 aromatic heterocycles. The normalized spacial score (nSPS) is 21.0. The van der Waals surface area contributed by atoms with Crippen molar-refractivity contribution in [1.29, 1.82) is 0 Å². The summed E-state index contributed by atoms with van der Waals surface area (Å²) >= 11 is 0. The van der Waals surface area contributed by atoms with Gasteiger partial charge in [-0.1, -0.05) is 25.5 Å². The van der Waals surface area contributed by atoms with Crippen LogP contribution in [-0.2, 0) is 0 Å². The van der Waals surface area contributed by atoms with E-state index in [4.69, 9.17) is 4.99 Å². The number of hydrogen-bond donors (Lipinski definition) is 4. The van der Waals surface area contributed by atoms with Gasteiger partial charge in [-0.05, 0) is 77.3 Å². The fourth-order valence-corrected chi connectivity index (χ4v) is 5.51. The number of rotatable bonds is 9. The number of hydrogen-bond acceptors (Lipinski definition) is 9. The van der Waals surface area contributed by atoms with Gasteiger partial charge in [-0.15, -0.1) is 0 Å². The number of aromatic nitrogens is 4. The molecule has 3 aromatic rings. The van der Waals surface area contributed by atoms with E-state index in [9.17, 15) is 4.79 Å². The standard InChI is InChI=1S/C33H40FN9O/c1-8-25-15-33(7,43-42-25)41-29-13-20(4)38-31(40-29)24-14-26(34)30(36-17-24)32(44)39-22(6)23-9-10-27(35-16-23)21(5)28-12-18(2)11-19(3)37-28/h9-11,13-17,21-22,28,42-43H,8,12H2,1-7H3,(H,39,44)(H,38,40,41). The fraction of sp³-hybridized carbons (Fsp3) is 0.394. The molecule has 0 saturated carbocycles. The molecule has 10 nitrogen and oxygen atoms in total. The van der Waals surface area contributed by atoms with Crippen molar-refractivity contribution in [2.24, 2.45) is 4.99 Å². The number of nitrogens with zero attached hydrogens (tertiary/aromatic N) is 5. The highest BCUT2D eigenvalue weighted by Crippen LogP contribution is 2.28. The number of pyridine rings is 2. The summed E-state index contributed by atoms with van der Waals surface area (Å²) in [4.78, 5) is 35.7. The number of anilines is 1. The smallest absolute Gasteiger partial charge is 0.273 e. The van der Waals surface area contributed by atoms with Gasteiger partial charge in [-0.2, -0.15) is 0 Å². The minimum absolute atomic E-state index is 0.150. The van der Waals surface area contributed by atoms with Crippen LogP contribution in [0.15, 0.2) is 65.1 Å². The highest BCUT2D eigenvalue weighted by atomic mass is 19.1. The predicted molar refractivity (Wildman–Crippen MR) is 170 cm³/mol. The molecule has 11 heteroatoms. The lowest BCUT2D eigenvalue weighted by atomic mass is 9.90. The number of carbonyl (C=O) groups excluding carboxylic acids is 1. The van der Waals surface area contributed by atoms with Crippen molar-refractivity contribution in [3.63, 3.8) is 0 Å². The number of aryl methyl sites for hydroxylation is 1. The zero-order valence-corrected chi connectivity index (χ0v) is 26.3. The molecule has 0 bridgehead atoms. The maximum Gasteiger partial charge on any atom is 0.273 e. The first kappa shape index (κ1) is 30.9. The molecule has 5 heterocycles. The van der Waals surface area contributed by atoms with Gasteiger partial charge in [0, 0.05) is 52.7 Å². The van der Waals surface area contributed by atoms with Crippen molar-refractivity contribution in [3.8, 4) is 11.4 Å². The molecule has 4 unspecified atom stereocenters. The van der Waals surface area contributed by atoms with Gasteiger partial charge in [-0.25, -0.2) is 24.8 Å². The highest BCUT2D eigenvalue weighted by Gasteiger charge is 2.28. The molecule has 4 N–H and O–H groups in total. The number of allylic oxidation sites excluding steroid dienone is 2. The van der Waals surface area contributed by atoms with Crippen molar-refractivity contribution in [1.82, 2.24) is 36.1 Å². The average Bonchev–Trinajstić information content (AvgIpc) is 3.36. The number of halogens is 1. The Labute approximate surface area is 257 Å². The van der Waals surface area contributed by atoms with Gasteiger partial charge in [0.05, 0.1) is 12.1 Å². The number of nitrogens with one attached hydrogen (secondary N) is 4. The van der Waals surface area contributed by atoms with Crippen molar-refractivity contribution >= 4 is 17.4 Å². The molecular weight excluding hydrogens is 557 g/mol. The van der Waals surface area contributed by atoms with Crippen LogP contribution in [0.4, 0.5) is 10.2 Å². The van der Waals surface area contributed by atoms with E-state index in [1.54, 1.807) is 6.20 Å². The molecule has 44 heavy (non-hydrogen) atoms. The van der Waals surface area contributed by atoms with Crippen molar-refractivity contribution in [3.05, 3.63) is 88.5 Å². The Balaban J connectivity index is 1.25. The summed E-state index contributed by atoms with van der Waals surface area (Å²) in [6.07, 6.45) is 9.11. The van der Waals surface area contributed by atoms with Gasteiger partial charge in [0.15, 0.2) is 17.3 Å². The van der Waals surface area contributed by atoms with Gasteiger partial charge in [0.1, 0.15) is 11.5 Å². The zero-order chi connectivity index (χ0) is 31.6. The van der Waals surface area contributed by atoms with E-state index in [0.717, 1.165) is 35.5 Å². The molecule has 4 atom stereocenters. The first-order chi connectivity index (χ1) is 20.9. The quantitative estimate of drug-likeness (QED) is 0.248. The van der Waals surface area contributed by atoms with E-state index in [-0.39, 0.29) is 17.7 Å². The molecular formula is C33H40FN9O. The van der Waals surface area contributed by atoms with Crippen LogP contribution >= 0.6 is 0 Å². The van der Waals surface area contributed by atoms with Gasteiger partial charge < -0.3 is 16.1 Å². The van der Waals surface area contributed by atoms with Gasteiger partial charge in [0.2, 0.25) is 0 Å². The molecule has 1 amide bonds. The predicted octanol–water partition coefficient (Wildman–Crippen LogP) is 5.68. The lowest BCUT2D eigenvalue weighted by Crippen LogP contribution is -2.48. The van der Waals surface area contributed by atoms with E-state index < -0.39 is 23.4 Å². The summed E-state index contributed by atoms with van der Waals surface area (Å²) in [5.74, 6) is -0.359. The van der Waals surface area contributed by atoms with Gasteiger partial charge in [0.25, 0.3) is 5.91 Å². The largest absolute Gasteiger partial charge is 0.347 e. The van der Waals surface area contributed by atoms with Gasteiger partial charge >= 0.3 is 0 Å². The van der Waals surface area contributed by atoms with Crippen LogP contribution in [0.25, 0.3) is 11.4 Å². The SMILES string of the molecule is CCC1=CC(C)(Nc2cc(C)nc(-c3cnc(C(=O)NC(C)c4ccc(C(C)C5CC(C)=CC(C)=N5)nc4)c(F)c3)n2)NN1. The van der Waals surface area contributed by atoms with Crippen molar-refractivity contribution < 1.29 is 9.18 Å². The number of amides is 1. The number of hydrazine groups is 1. The van der Waals surface area contributed by atoms with E-state index in [1.807, 2.05) is 45.9 Å². The van der Waals surface area contributed by atoms with E-state index in [0.29, 0.717) is 22.9 Å². The van der Waals surface area contributed by atoms with Crippen LogP contribution in [0, 0.1) is 12.7 Å². The summed E-state index contributed by atoms with van der Waals surface area (Å²) < 4.78 is 15.2. The van der Waals surface area contributed by atoms with Crippen LogP contribution < -0.4 is 21.5 Å². The molecule has 0 radical (unpaired) electrons. The molecule has 230 valence electrons. The topological polar surface area (TPSA) is 129 Å². The molecule has 0 aromatic carbocycles. The second-order valence-corrected chi connectivity index (χ2v) is 11.9. The maximum absolute atomic E-state index is 15.2. The molecule has 0 saturated heterocycles. The third-order valence-corrected chi connectivity index (χ3v) is 7.94. The number of aliphatic imine (C=N–C) groups is 1. The van der Waals surface area contributed by atoms with Crippen molar-refractivity contribution in [2.75, 3.05) is 5.32 Å². The van der Waals surface area contributed by atoms with Crippen molar-refractivity contribution in [2.45, 2.75) is 85.0 Å². The van der Waals surface area contributed by atoms with E-state index >= 15 is 4.39 Å². The Bertz CT molecular complexity index is 1650. The molecule has 2 aliphatic heterocycles. The summed E-state index contributed by atoms with van der Waals surface area (Å²) in [6.45, 7) is 14.0. The fourth-order valence-electron chi connectivity index (χ4n) is 5.51. The van der Waals surface area contributed by atoms with Crippen LogP contribution in [-0.4, -0.2) is 43.3 Å². The monoisotopic (exact) mass is 597 g/mol. The molecule has 5 rings (SSSR count). The lowest BCUT2D eigenvalue weighted by Gasteiger charge is -2.24. The Morgan fingerprint density at radius 1 is 1.14 bits per heavy atom. The summed E-state index contributed by atoms with van der Waals surface area (Å²) in [5, 5.41) is 6.19. The number of carbonyl (C=O) groups is 1. The van der Waals surface area contributed by atoms with E-state index in [1.165, 1.54) is 17.8 Å². The van der Waals surface area contributed by atoms with Crippen LogP contribution in [0.5, 0.6) is 0 Å². The minimum atomic E-state index is -0.758. The molecule has 0 spiro atoms.